The van der Waals surface area contributed by atoms with Gasteiger partial charge >= 0.3 is 0 Å². The van der Waals surface area contributed by atoms with Crippen LogP contribution in [0.4, 0.5) is 0 Å². The molecule has 6 nitrogen and oxygen atoms in total. The maximum absolute atomic E-state index is 5.29. The normalized spacial score (nSPS) is 24.5. The van der Waals surface area contributed by atoms with Crippen LogP contribution in [0.1, 0.15) is 73.1 Å². The third-order valence-corrected chi connectivity index (χ3v) is 11.6. The first kappa shape index (κ1) is 22.3. The number of aromatic amines is 1. The Morgan fingerprint density at radius 1 is 1.09 bits per heavy atom. The van der Waals surface area contributed by atoms with Crippen molar-refractivity contribution in [2.24, 2.45) is 5.41 Å². The summed E-state index contributed by atoms with van der Waals surface area (Å²) in [4.78, 5) is 17.5. The third-order valence-electron chi connectivity index (χ3n) is 8.84. The van der Waals surface area contributed by atoms with E-state index in [0.29, 0.717) is 17.3 Å². The molecule has 1 N–H and O–H groups in total. The maximum atomic E-state index is 5.29. The molecule has 2 saturated heterocycles. The van der Waals surface area contributed by atoms with Gasteiger partial charge in [-0.15, -0.1) is 11.3 Å². The predicted molar refractivity (Wildman–Crippen MR) is 146 cm³/mol. The number of aryl methyl sites for hydroxylation is 1. The molecule has 3 fully saturated rings. The second-order valence-corrected chi connectivity index (χ2v) is 13.5. The van der Waals surface area contributed by atoms with Crippen LogP contribution in [0.5, 0.6) is 0 Å². The number of hydrogen-bond donors (Lipinski definition) is 1. The predicted octanol–water partition coefficient (Wildman–Crippen LogP) is 6.15. The highest BCUT2D eigenvalue weighted by molar-refractivity contribution is 8.00. The molecule has 4 aromatic rings. The number of rotatable bonds is 4. The lowest BCUT2D eigenvalue weighted by Crippen LogP contribution is -2.65. The van der Waals surface area contributed by atoms with Crippen LogP contribution in [-0.2, 0) is 0 Å². The van der Waals surface area contributed by atoms with Gasteiger partial charge in [0.1, 0.15) is 16.7 Å². The fraction of sp³-hybridized carbons (Fsp3) is 0.593. The molecule has 7 rings (SSSR count). The van der Waals surface area contributed by atoms with Gasteiger partial charge in [-0.2, -0.15) is 16.9 Å². The third kappa shape index (κ3) is 3.43. The van der Waals surface area contributed by atoms with Crippen molar-refractivity contribution in [3.8, 4) is 11.3 Å². The Morgan fingerprint density at radius 2 is 1.86 bits per heavy atom. The topological polar surface area (TPSA) is 62.1 Å². The molecule has 1 saturated carbocycles. The van der Waals surface area contributed by atoms with E-state index in [-0.39, 0.29) is 0 Å². The molecular weight excluding hydrogens is 472 g/mol. The monoisotopic (exact) mass is 506 g/mol. The minimum absolute atomic E-state index is 0.388. The van der Waals surface area contributed by atoms with Crippen LogP contribution in [0.15, 0.2) is 12.5 Å². The molecule has 0 aromatic carbocycles. The minimum Gasteiger partial charge on any atom is -0.345 e. The highest BCUT2D eigenvalue weighted by Crippen LogP contribution is 2.49. The molecule has 8 heteroatoms. The molecular formula is C27H34N6S2. The standard InChI is InChI=1S/C27H34N6S2/c1-15(2)21-22(20-9-33-24(28-14-29-33)17(4)16(20)3)30-26-23(21)31-25(35-26)18-5-7-19(8-6-18)32-10-27(11-32)12-34-13-27/h9,14-15,18-19,30H,5-8,10-13H2,1-4H3. The minimum atomic E-state index is 0.388. The van der Waals surface area contributed by atoms with E-state index in [9.17, 15) is 0 Å². The van der Waals surface area contributed by atoms with Crippen molar-refractivity contribution in [2.75, 3.05) is 24.6 Å². The van der Waals surface area contributed by atoms with Crippen LogP contribution in [0, 0.1) is 19.3 Å². The zero-order valence-corrected chi connectivity index (χ0v) is 22.7. The van der Waals surface area contributed by atoms with E-state index >= 15 is 0 Å². The average Bonchev–Trinajstić information content (AvgIpc) is 3.48. The van der Waals surface area contributed by atoms with Gasteiger partial charge in [0.25, 0.3) is 0 Å². The zero-order chi connectivity index (χ0) is 23.9. The molecule has 4 aromatic heterocycles. The van der Waals surface area contributed by atoms with Crippen molar-refractivity contribution in [3.05, 3.63) is 34.2 Å². The SMILES string of the molecule is Cc1c(-c2[nH]c3sc(C4CCC(N5CC6(CSC6)C5)CC4)nc3c2C(C)C)cn2ncnc2c1C. The molecule has 0 amide bonds. The highest BCUT2D eigenvalue weighted by atomic mass is 32.2. The summed E-state index contributed by atoms with van der Waals surface area (Å²) >= 11 is 4.02. The smallest absolute Gasteiger partial charge is 0.158 e. The van der Waals surface area contributed by atoms with Crippen LogP contribution in [0.2, 0.25) is 0 Å². The van der Waals surface area contributed by atoms with Crippen LogP contribution in [0.3, 0.4) is 0 Å². The van der Waals surface area contributed by atoms with Crippen molar-refractivity contribution in [1.29, 1.82) is 0 Å². The van der Waals surface area contributed by atoms with Crippen molar-refractivity contribution in [1.82, 2.24) is 29.5 Å². The first-order chi connectivity index (χ1) is 16.9. The Labute approximate surface area is 214 Å². The summed E-state index contributed by atoms with van der Waals surface area (Å²) in [7, 11) is 0. The molecule has 3 aliphatic rings. The number of pyridine rings is 1. The summed E-state index contributed by atoms with van der Waals surface area (Å²) in [6, 6.07) is 0.808. The number of H-pyrrole nitrogens is 1. The Bertz CT molecular complexity index is 1410. The molecule has 1 spiro atoms. The lowest BCUT2D eigenvalue weighted by Gasteiger charge is -2.58. The Balaban J connectivity index is 1.16. The first-order valence-electron chi connectivity index (χ1n) is 13.1. The second-order valence-electron chi connectivity index (χ2n) is 11.5. The zero-order valence-electron chi connectivity index (χ0n) is 21.1. The molecule has 6 heterocycles. The molecule has 0 atom stereocenters. The average molecular weight is 507 g/mol. The Kier molecular flexibility index (Phi) is 5.13. The lowest BCUT2D eigenvalue weighted by atomic mass is 9.78. The summed E-state index contributed by atoms with van der Waals surface area (Å²) < 4.78 is 1.90. The fourth-order valence-corrected chi connectivity index (χ4v) is 8.94. The fourth-order valence-electron chi connectivity index (χ4n) is 6.64. The van der Waals surface area contributed by atoms with Crippen molar-refractivity contribution < 1.29 is 0 Å². The number of thioether (sulfide) groups is 1. The van der Waals surface area contributed by atoms with E-state index < -0.39 is 0 Å². The van der Waals surface area contributed by atoms with E-state index in [2.05, 4.69) is 65.6 Å². The summed E-state index contributed by atoms with van der Waals surface area (Å²) in [6.45, 7) is 11.6. The quantitative estimate of drug-likeness (QED) is 0.360. The molecule has 2 aliphatic heterocycles. The number of fused-ring (bicyclic) bond motifs is 2. The lowest BCUT2D eigenvalue weighted by molar-refractivity contribution is -0.0199. The van der Waals surface area contributed by atoms with E-state index in [1.54, 1.807) is 6.33 Å². The van der Waals surface area contributed by atoms with Crippen molar-refractivity contribution in [3.63, 3.8) is 0 Å². The maximum Gasteiger partial charge on any atom is 0.158 e. The van der Waals surface area contributed by atoms with E-state index in [4.69, 9.17) is 4.98 Å². The number of likely N-dealkylation sites (tertiary alicyclic amines) is 1. The van der Waals surface area contributed by atoms with Gasteiger partial charge in [-0.1, -0.05) is 13.8 Å². The van der Waals surface area contributed by atoms with Gasteiger partial charge < -0.3 is 4.98 Å². The number of hydrogen-bond acceptors (Lipinski definition) is 6. The Hall–Kier alpha value is -1.90. The van der Waals surface area contributed by atoms with E-state index in [1.807, 2.05) is 15.9 Å². The molecule has 1 aliphatic carbocycles. The van der Waals surface area contributed by atoms with Crippen LogP contribution in [0.25, 0.3) is 27.3 Å². The number of nitrogens with one attached hydrogen (secondary N) is 1. The van der Waals surface area contributed by atoms with Crippen LogP contribution < -0.4 is 0 Å². The van der Waals surface area contributed by atoms with Gasteiger partial charge in [0, 0.05) is 59.3 Å². The largest absolute Gasteiger partial charge is 0.345 e. The van der Waals surface area contributed by atoms with Crippen molar-refractivity contribution >= 4 is 39.1 Å². The van der Waals surface area contributed by atoms with Gasteiger partial charge in [-0.25, -0.2) is 14.5 Å². The van der Waals surface area contributed by atoms with Gasteiger partial charge in [-0.05, 0) is 56.6 Å². The summed E-state index contributed by atoms with van der Waals surface area (Å²) in [6.07, 6.45) is 8.99. The van der Waals surface area contributed by atoms with Gasteiger partial charge in [0.15, 0.2) is 5.65 Å². The molecule has 0 radical (unpaired) electrons. The van der Waals surface area contributed by atoms with E-state index in [1.165, 1.54) is 93.6 Å². The number of nitrogens with zero attached hydrogens (tertiary/aromatic N) is 5. The number of thiazole rings is 1. The second kappa shape index (κ2) is 8.05. The molecule has 0 bridgehead atoms. The van der Waals surface area contributed by atoms with Crippen LogP contribution in [-0.4, -0.2) is 60.1 Å². The summed E-state index contributed by atoms with van der Waals surface area (Å²) in [5.74, 6) is 3.80. The summed E-state index contributed by atoms with van der Waals surface area (Å²) in [5, 5.41) is 5.76. The van der Waals surface area contributed by atoms with E-state index in [0.717, 1.165) is 11.7 Å². The molecule has 184 valence electrons. The van der Waals surface area contributed by atoms with Crippen LogP contribution >= 0.6 is 23.1 Å². The van der Waals surface area contributed by atoms with Crippen molar-refractivity contribution in [2.45, 2.75) is 71.3 Å². The molecule has 0 unspecified atom stereocenters. The molecule has 35 heavy (non-hydrogen) atoms. The summed E-state index contributed by atoms with van der Waals surface area (Å²) in [5.41, 5.74) is 8.99. The van der Waals surface area contributed by atoms with Gasteiger partial charge in [0.05, 0.1) is 10.7 Å². The first-order valence-corrected chi connectivity index (χ1v) is 15.0. The van der Waals surface area contributed by atoms with Gasteiger partial charge in [0.2, 0.25) is 0 Å². The highest BCUT2D eigenvalue weighted by Gasteiger charge is 2.50. The number of aromatic nitrogens is 5. The van der Waals surface area contributed by atoms with Gasteiger partial charge in [-0.3, -0.25) is 4.90 Å². The Morgan fingerprint density at radius 3 is 2.54 bits per heavy atom.